The molecule has 1 N–H and O–H groups in total. The first-order chi connectivity index (χ1) is 9.61. The molecule has 0 aliphatic carbocycles. The molecule has 1 aromatic carbocycles. The van der Waals surface area contributed by atoms with Gasteiger partial charge in [0.15, 0.2) is 11.5 Å². The Bertz CT molecular complexity index is 609. The molecule has 0 radical (unpaired) electrons. The van der Waals surface area contributed by atoms with Crippen molar-refractivity contribution >= 4 is 17.3 Å². The molecule has 1 aromatic heterocycles. The molecule has 0 atom stereocenters. The van der Waals surface area contributed by atoms with Crippen LogP contribution in [0.25, 0.3) is 0 Å². The Balaban J connectivity index is 2.09. The van der Waals surface area contributed by atoms with E-state index >= 15 is 0 Å². The number of carboxylic acids is 1. The van der Waals surface area contributed by atoms with Gasteiger partial charge in [0, 0.05) is 0 Å². The fourth-order valence-corrected chi connectivity index (χ4v) is 2.51. The number of aryl methyl sites for hydroxylation is 1. The highest BCUT2D eigenvalue weighted by molar-refractivity contribution is 7.13. The lowest BCUT2D eigenvalue weighted by Gasteiger charge is -2.10. The first-order valence-electron chi connectivity index (χ1n) is 6.16. The Hall–Kier alpha value is -2.08. The third-order valence-electron chi connectivity index (χ3n) is 2.54. The van der Waals surface area contributed by atoms with Gasteiger partial charge in [-0.25, -0.2) is 9.78 Å². The summed E-state index contributed by atoms with van der Waals surface area (Å²) in [5, 5.41) is 9.62. The molecule has 0 bridgehead atoms. The number of carbonyl (C=O) groups is 1. The van der Waals surface area contributed by atoms with E-state index in [0.717, 1.165) is 11.3 Å². The van der Waals surface area contributed by atoms with E-state index in [1.54, 1.807) is 6.92 Å². The molecule has 0 spiro atoms. The van der Waals surface area contributed by atoms with E-state index in [-0.39, 0.29) is 11.5 Å². The quantitative estimate of drug-likeness (QED) is 0.886. The Kier molecular flexibility index (Phi) is 4.57. The van der Waals surface area contributed by atoms with Gasteiger partial charge in [-0.15, -0.1) is 11.3 Å². The molecule has 1 heterocycles. The van der Waals surface area contributed by atoms with Crippen molar-refractivity contribution in [2.75, 3.05) is 6.61 Å². The number of aromatic carboxylic acids is 1. The van der Waals surface area contributed by atoms with Crippen LogP contribution in [-0.2, 0) is 6.61 Å². The van der Waals surface area contributed by atoms with Crippen molar-refractivity contribution in [2.45, 2.75) is 20.5 Å². The van der Waals surface area contributed by atoms with Crippen LogP contribution in [0.4, 0.5) is 0 Å². The van der Waals surface area contributed by atoms with E-state index in [4.69, 9.17) is 14.6 Å². The lowest BCUT2D eigenvalue weighted by molar-refractivity contribution is 0.0701. The summed E-state index contributed by atoms with van der Waals surface area (Å²) >= 11 is 1.13. The van der Waals surface area contributed by atoms with Crippen LogP contribution in [0.5, 0.6) is 11.5 Å². The fourth-order valence-electron chi connectivity index (χ4n) is 1.70. The minimum Gasteiger partial charge on any atom is -0.490 e. The second-order valence-electron chi connectivity index (χ2n) is 4.00. The van der Waals surface area contributed by atoms with Gasteiger partial charge in [-0.1, -0.05) is 12.1 Å². The van der Waals surface area contributed by atoms with Crippen LogP contribution in [0, 0.1) is 6.92 Å². The van der Waals surface area contributed by atoms with Crippen molar-refractivity contribution in [3.63, 3.8) is 0 Å². The summed E-state index contributed by atoms with van der Waals surface area (Å²) in [4.78, 5) is 15.4. The summed E-state index contributed by atoms with van der Waals surface area (Å²) in [6, 6.07) is 7.36. The van der Waals surface area contributed by atoms with E-state index in [1.165, 1.54) is 0 Å². The van der Waals surface area contributed by atoms with Crippen LogP contribution in [0.2, 0.25) is 0 Å². The van der Waals surface area contributed by atoms with Gasteiger partial charge in [-0.05, 0) is 26.0 Å². The second kappa shape index (κ2) is 6.38. The highest BCUT2D eigenvalue weighted by Gasteiger charge is 2.14. The minimum absolute atomic E-state index is 0.225. The molecule has 2 rings (SSSR count). The number of nitrogens with zero attached hydrogens (tertiary/aromatic N) is 1. The zero-order valence-electron chi connectivity index (χ0n) is 11.3. The van der Waals surface area contributed by atoms with E-state index < -0.39 is 5.97 Å². The van der Waals surface area contributed by atoms with Gasteiger partial charge in [-0.3, -0.25) is 0 Å². The normalized spacial score (nSPS) is 10.3. The van der Waals surface area contributed by atoms with Gasteiger partial charge in [0.25, 0.3) is 0 Å². The zero-order chi connectivity index (χ0) is 14.5. The number of rotatable bonds is 6. The molecular formula is C14H15NO4S. The third-order valence-corrected chi connectivity index (χ3v) is 3.65. The van der Waals surface area contributed by atoms with Crippen molar-refractivity contribution in [1.82, 2.24) is 4.98 Å². The molecule has 0 unspecified atom stereocenters. The molecule has 2 aromatic rings. The number of para-hydroxylation sites is 2. The average molecular weight is 293 g/mol. The Morgan fingerprint density at radius 1 is 1.30 bits per heavy atom. The predicted molar refractivity (Wildman–Crippen MR) is 75.8 cm³/mol. The second-order valence-corrected chi connectivity index (χ2v) is 5.08. The highest BCUT2D eigenvalue weighted by Crippen LogP contribution is 2.28. The summed E-state index contributed by atoms with van der Waals surface area (Å²) in [5.74, 6) is 0.335. The van der Waals surface area contributed by atoms with Gasteiger partial charge in [0.2, 0.25) is 0 Å². The molecule has 0 amide bonds. The number of hydrogen-bond acceptors (Lipinski definition) is 5. The predicted octanol–water partition coefficient (Wildman–Crippen LogP) is 3.13. The van der Waals surface area contributed by atoms with Gasteiger partial charge >= 0.3 is 5.97 Å². The molecule has 0 saturated carbocycles. The summed E-state index contributed by atoms with van der Waals surface area (Å²) in [7, 11) is 0. The highest BCUT2D eigenvalue weighted by atomic mass is 32.1. The molecule has 0 aliphatic heterocycles. The van der Waals surface area contributed by atoms with E-state index in [1.807, 2.05) is 31.2 Å². The monoisotopic (exact) mass is 293 g/mol. The van der Waals surface area contributed by atoms with Crippen molar-refractivity contribution in [2.24, 2.45) is 0 Å². The summed E-state index contributed by atoms with van der Waals surface area (Å²) in [5.41, 5.74) is 0.513. The van der Waals surface area contributed by atoms with Gasteiger partial charge in [0.1, 0.15) is 16.5 Å². The average Bonchev–Trinajstić information content (AvgIpc) is 2.79. The number of thiazole rings is 1. The van der Waals surface area contributed by atoms with Crippen LogP contribution in [0.1, 0.15) is 27.3 Å². The zero-order valence-corrected chi connectivity index (χ0v) is 12.1. The number of ether oxygens (including phenoxy) is 2. The lowest BCUT2D eigenvalue weighted by Crippen LogP contribution is -1.99. The van der Waals surface area contributed by atoms with Crippen molar-refractivity contribution < 1.29 is 19.4 Å². The lowest BCUT2D eigenvalue weighted by atomic mass is 10.3. The summed E-state index contributed by atoms with van der Waals surface area (Å²) < 4.78 is 11.1. The molecule has 6 heteroatoms. The molecule has 106 valence electrons. The Morgan fingerprint density at radius 3 is 2.50 bits per heavy atom. The summed E-state index contributed by atoms with van der Waals surface area (Å²) in [6.07, 6.45) is 0. The van der Waals surface area contributed by atoms with Crippen LogP contribution in [0.15, 0.2) is 24.3 Å². The maximum Gasteiger partial charge on any atom is 0.347 e. The maximum absolute atomic E-state index is 11.0. The van der Waals surface area contributed by atoms with E-state index in [9.17, 15) is 4.79 Å². The van der Waals surface area contributed by atoms with Crippen molar-refractivity contribution in [3.05, 3.63) is 39.8 Å². The topological polar surface area (TPSA) is 68.7 Å². The standard InChI is InChI=1S/C14H15NO4S/c1-3-18-10-6-4-5-7-11(10)19-8-12-15-9(2)13(20-12)14(16)17/h4-7H,3,8H2,1-2H3,(H,16,17). The summed E-state index contributed by atoms with van der Waals surface area (Å²) in [6.45, 7) is 4.36. The van der Waals surface area contributed by atoms with Crippen LogP contribution in [0.3, 0.4) is 0 Å². The number of carboxylic acid groups (broad SMARTS) is 1. The van der Waals surface area contributed by atoms with Gasteiger partial charge in [-0.2, -0.15) is 0 Å². The van der Waals surface area contributed by atoms with E-state index in [2.05, 4.69) is 4.98 Å². The minimum atomic E-state index is -0.957. The Labute approximate surface area is 120 Å². The molecule has 0 aliphatic rings. The van der Waals surface area contributed by atoms with E-state index in [0.29, 0.717) is 28.8 Å². The Morgan fingerprint density at radius 2 is 1.95 bits per heavy atom. The SMILES string of the molecule is CCOc1ccccc1OCc1nc(C)c(C(=O)O)s1. The molecule has 0 saturated heterocycles. The van der Waals surface area contributed by atoms with Crippen LogP contribution in [-0.4, -0.2) is 22.7 Å². The smallest absolute Gasteiger partial charge is 0.347 e. The first kappa shape index (κ1) is 14.3. The number of hydrogen-bond donors (Lipinski definition) is 1. The van der Waals surface area contributed by atoms with Crippen LogP contribution >= 0.6 is 11.3 Å². The third kappa shape index (κ3) is 3.27. The van der Waals surface area contributed by atoms with Crippen molar-refractivity contribution in [3.8, 4) is 11.5 Å². The first-order valence-corrected chi connectivity index (χ1v) is 6.97. The number of aromatic nitrogens is 1. The molecule has 20 heavy (non-hydrogen) atoms. The van der Waals surface area contributed by atoms with Gasteiger partial charge < -0.3 is 14.6 Å². The largest absolute Gasteiger partial charge is 0.490 e. The molecule has 5 nitrogen and oxygen atoms in total. The number of benzene rings is 1. The van der Waals surface area contributed by atoms with Gasteiger partial charge in [0.05, 0.1) is 12.3 Å². The maximum atomic E-state index is 11.0. The van der Waals surface area contributed by atoms with Crippen LogP contribution < -0.4 is 9.47 Å². The van der Waals surface area contributed by atoms with Crippen molar-refractivity contribution in [1.29, 1.82) is 0 Å². The molecule has 0 fully saturated rings. The fraction of sp³-hybridized carbons (Fsp3) is 0.286. The molecular weight excluding hydrogens is 278 g/mol.